The molecule has 0 aliphatic heterocycles. The number of carbonyl (C=O) groups is 2. The largest absolute Gasteiger partial charge is 0.444 e. The van der Waals surface area contributed by atoms with Crippen molar-refractivity contribution in [2.75, 3.05) is 0 Å². The first kappa shape index (κ1) is 14.5. The predicted octanol–water partition coefficient (Wildman–Crippen LogP) is 2.60. The van der Waals surface area contributed by atoms with Crippen molar-refractivity contribution in [3.63, 3.8) is 0 Å². The fraction of sp³-hybridized carbons (Fsp3) is 0.571. The Bertz CT molecular complexity index is 400. The lowest BCUT2D eigenvalue weighted by atomic mass is 10.0. The molecule has 0 aromatic rings. The summed E-state index contributed by atoms with van der Waals surface area (Å²) in [7, 11) is 0. The summed E-state index contributed by atoms with van der Waals surface area (Å²) in [5.41, 5.74) is 0.0640. The highest BCUT2D eigenvalue weighted by Crippen LogP contribution is 2.17. The van der Waals surface area contributed by atoms with E-state index in [1.54, 1.807) is 26.8 Å². The molecule has 18 heavy (non-hydrogen) atoms. The van der Waals surface area contributed by atoms with Crippen LogP contribution >= 0.6 is 0 Å². The summed E-state index contributed by atoms with van der Waals surface area (Å²) in [4.78, 5) is 23.3. The van der Waals surface area contributed by atoms with Gasteiger partial charge in [-0.3, -0.25) is 4.79 Å². The van der Waals surface area contributed by atoms with Crippen LogP contribution in [0.3, 0.4) is 0 Å². The van der Waals surface area contributed by atoms with Crippen LogP contribution in [0.2, 0.25) is 0 Å². The summed E-state index contributed by atoms with van der Waals surface area (Å²) in [5, 5.41) is 2.68. The van der Waals surface area contributed by atoms with Crippen LogP contribution in [0.1, 0.15) is 34.6 Å². The summed E-state index contributed by atoms with van der Waals surface area (Å²) in [5.74, 6) is 0.205. The van der Waals surface area contributed by atoms with Gasteiger partial charge in [-0.15, -0.1) is 0 Å². The Balaban J connectivity index is 2.70. The number of rotatable bonds is 2. The van der Waals surface area contributed by atoms with Gasteiger partial charge in [-0.05, 0) is 32.8 Å². The maximum absolute atomic E-state index is 11.6. The Kier molecular flexibility index (Phi) is 4.33. The normalized spacial score (nSPS) is 21.8. The molecule has 1 amide bonds. The van der Waals surface area contributed by atoms with Gasteiger partial charge in [-0.1, -0.05) is 26.0 Å². The third-order valence-corrected chi connectivity index (χ3v) is 2.24. The maximum Gasteiger partial charge on any atom is 0.408 e. The Morgan fingerprint density at radius 1 is 1.44 bits per heavy atom. The van der Waals surface area contributed by atoms with Gasteiger partial charge in [-0.2, -0.15) is 0 Å². The standard InChI is InChI=1S/C14H21NO3/c1-9(2)8-10-11(6-7-12(10)16)15-13(17)18-14(3,4)5/h6-9,11H,1-5H3,(H,15,17)/b10-8-/t11-/m0/s1. The van der Waals surface area contributed by atoms with Gasteiger partial charge in [0, 0.05) is 5.57 Å². The number of amides is 1. The molecule has 0 fully saturated rings. The van der Waals surface area contributed by atoms with Crippen LogP contribution < -0.4 is 5.32 Å². The fourth-order valence-corrected chi connectivity index (χ4v) is 1.64. The molecule has 0 heterocycles. The van der Waals surface area contributed by atoms with Crippen LogP contribution in [0.25, 0.3) is 0 Å². The number of carbonyl (C=O) groups excluding carboxylic acids is 2. The van der Waals surface area contributed by atoms with E-state index in [1.807, 2.05) is 19.9 Å². The summed E-state index contributed by atoms with van der Waals surface area (Å²) in [6, 6.07) is -0.380. The third-order valence-electron chi connectivity index (χ3n) is 2.24. The van der Waals surface area contributed by atoms with Crippen molar-refractivity contribution in [3.8, 4) is 0 Å². The minimum Gasteiger partial charge on any atom is -0.444 e. The molecule has 0 aromatic carbocycles. The van der Waals surface area contributed by atoms with Gasteiger partial charge in [0.2, 0.25) is 0 Å². The molecular formula is C14H21NO3. The lowest BCUT2D eigenvalue weighted by Crippen LogP contribution is -2.38. The Labute approximate surface area is 108 Å². The van der Waals surface area contributed by atoms with E-state index in [-0.39, 0.29) is 17.7 Å². The summed E-state index contributed by atoms with van der Waals surface area (Å²) in [6.07, 6.45) is 4.52. The second-order valence-corrected chi connectivity index (χ2v) is 5.71. The number of ketones is 1. The molecule has 4 heteroatoms. The van der Waals surface area contributed by atoms with Crippen LogP contribution in [0, 0.1) is 5.92 Å². The first-order chi connectivity index (χ1) is 8.19. The molecule has 0 spiro atoms. The lowest BCUT2D eigenvalue weighted by molar-refractivity contribution is -0.111. The van der Waals surface area contributed by atoms with Gasteiger partial charge in [0.15, 0.2) is 5.78 Å². The molecule has 1 atom stereocenters. The first-order valence-electron chi connectivity index (χ1n) is 6.13. The average molecular weight is 251 g/mol. The molecule has 1 aliphatic rings. The molecule has 4 nitrogen and oxygen atoms in total. The van der Waals surface area contributed by atoms with E-state index >= 15 is 0 Å². The van der Waals surface area contributed by atoms with Crippen LogP contribution in [0.4, 0.5) is 4.79 Å². The number of hydrogen-bond donors (Lipinski definition) is 1. The third kappa shape index (κ3) is 4.35. The lowest BCUT2D eigenvalue weighted by Gasteiger charge is -2.21. The van der Waals surface area contributed by atoms with E-state index in [9.17, 15) is 9.59 Å². The fourth-order valence-electron chi connectivity index (χ4n) is 1.64. The summed E-state index contributed by atoms with van der Waals surface area (Å²) >= 11 is 0. The second kappa shape index (κ2) is 5.38. The van der Waals surface area contributed by atoms with Crippen molar-refractivity contribution >= 4 is 11.9 Å². The van der Waals surface area contributed by atoms with E-state index < -0.39 is 11.7 Å². The van der Waals surface area contributed by atoms with Crippen LogP contribution in [0.5, 0.6) is 0 Å². The molecule has 0 unspecified atom stereocenters. The minimum atomic E-state index is -0.543. The molecular weight excluding hydrogens is 230 g/mol. The first-order valence-corrected chi connectivity index (χ1v) is 6.13. The number of alkyl carbamates (subject to hydrolysis) is 1. The zero-order chi connectivity index (χ0) is 13.9. The van der Waals surface area contributed by atoms with Crippen molar-refractivity contribution in [3.05, 3.63) is 23.8 Å². The van der Waals surface area contributed by atoms with E-state index in [4.69, 9.17) is 4.74 Å². The number of nitrogens with one attached hydrogen (secondary N) is 1. The van der Waals surface area contributed by atoms with Gasteiger partial charge in [-0.25, -0.2) is 4.79 Å². The Morgan fingerprint density at radius 2 is 2.06 bits per heavy atom. The maximum atomic E-state index is 11.6. The minimum absolute atomic E-state index is 0.0511. The molecule has 0 radical (unpaired) electrons. The SMILES string of the molecule is CC(C)/C=C1\C(=O)C=C[C@@H]1NC(=O)OC(C)(C)C. The number of hydrogen-bond acceptors (Lipinski definition) is 3. The van der Waals surface area contributed by atoms with Crippen LogP contribution in [0.15, 0.2) is 23.8 Å². The monoisotopic (exact) mass is 251 g/mol. The topological polar surface area (TPSA) is 55.4 Å². The van der Waals surface area contributed by atoms with Crippen molar-refractivity contribution in [1.82, 2.24) is 5.32 Å². The summed E-state index contributed by atoms with van der Waals surface area (Å²) < 4.78 is 5.17. The van der Waals surface area contributed by atoms with E-state index in [0.29, 0.717) is 5.57 Å². The van der Waals surface area contributed by atoms with E-state index in [2.05, 4.69) is 5.32 Å². The highest BCUT2D eigenvalue weighted by Gasteiger charge is 2.26. The highest BCUT2D eigenvalue weighted by molar-refractivity contribution is 6.08. The molecule has 1 rings (SSSR count). The van der Waals surface area contributed by atoms with Gasteiger partial charge in [0.25, 0.3) is 0 Å². The molecule has 0 aromatic heterocycles. The van der Waals surface area contributed by atoms with Gasteiger partial charge in [0.05, 0.1) is 6.04 Å². The van der Waals surface area contributed by atoms with Crippen molar-refractivity contribution in [2.24, 2.45) is 5.92 Å². The molecule has 1 N–H and O–H groups in total. The van der Waals surface area contributed by atoms with E-state index in [0.717, 1.165) is 0 Å². The van der Waals surface area contributed by atoms with Crippen LogP contribution in [-0.2, 0) is 9.53 Å². The second-order valence-electron chi connectivity index (χ2n) is 5.71. The number of ether oxygens (including phenoxy) is 1. The Morgan fingerprint density at radius 3 is 2.56 bits per heavy atom. The predicted molar refractivity (Wildman–Crippen MR) is 70.2 cm³/mol. The van der Waals surface area contributed by atoms with Gasteiger partial charge >= 0.3 is 6.09 Å². The van der Waals surface area contributed by atoms with Crippen molar-refractivity contribution in [1.29, 1.82) is 0 Å². The van der Waals surface area contributed by atoms with Gasteiger partial charge in [0.1, 0.15) is 5.60 Å². The molecule has 100 valence electrons. The van der Waals surface area contributed by atoms with Gasteiger partial charge < -0.3 is 10.1 Å². The smallest absolute Gasteiger partial charge is 0.408 e. The average Bonchev–Trinajstić information content (AvgIpc) is 2.46. The van der Waals surface area contributed by atoms with Crippen molar-refractivity contribution in [2.45, 2.75) is 46.3 Å². The Hall–Kier alpha value is -1.58. The highest BCUT2D eigenvalue weighted by atomic mass is 16.6. The molecule has 0 saturated carbocycles. The molecule has 0 bridgehead atoms. The summed E-state index contributed by atoms with van der Waals surface area (Å²) in [6.45, 7) is 9.37. The van der Waals surface area contributed by atoms with Crippen LogP contribution in [-0.4, -0.2) is 23.5 Å². The zero-order valence-electron chi connectivity index (χ0n) is 11.6. The zero-order valence-corrected chi connectivity index (χ0v) is 11.6. The number of allylic oxidation sites excluding steroid dienone is 2. The van der Waals surface area contributed by atoms with Crippen molar-refractivity contribution < 1.29 is 14.3 Å². The quantitative estimate of drug-likeness (QED) is 0.767. The van der Waals surface area contributed by atoms with E-state index in [1.165, 1.54) is 6.08 Å². The molecule has 0 saturated heterocycles. The molecule has 1 aliphatic carbocycles.